The highest BCUT2D eigenvalue weighted by Crippen LogP contribution is 2.34. The van der Waals surface area contributed by atoms with Crippen molar-refractivity contribution in [3.63, 3.8) is 0 Å². The average molecular weight is 360 g/mol. The van der Waals surface area contributed by atoms with Gasteiger partial charge in [-0.2, -0.15) is 0 Å². The zero-order valence-corrected chi connectivity index (χ0v) is 14.8. The topological polar surface area (TPSA) is 71.4 Å². The summed E-state index contributed by atoms with van der Waals surface area (Å²) < 4.78 is 12.9. The van der Waals surface area contributed by atoms with Gasteiger partial charge in [-0.3, -0.25) is 14.4 Å². The molecule has 5 heteroatoms. The number of carboxylic acid groups (broad SMARTS) is 1. The predicted molar refractivity (Wildman–Crippen MR) is 96.4 cm³/mol. The Hall–Kier alpha value is -2.30. The van der Waals surface area contributed by atoms with Crippen molar-refractivity contribution in [3.8, 4) is 0 Å². The van der Waals surface area contributed by atoms with E-state index in [2.05, 4.69) is 0 Å². The van der Waals surface area contributed by atoms with Crippen molar-refractivity contribution in [2.24, 2.45) is 11.8 Å². The molecular formula is C21H25FO4. The second-order valence-corrected chi connectivity index (χ2v) is 6.85. The molecule has 0 radical (unpaired) electrons. The van der Waals surface area contributed by atoms with Gasteiger partial charge in [0.2, 0.25) is 0 Å². The fraction of sp³-hybridized carbons (Fsp3) is 0.476. The highest BCUT2D eigenvalue weighted by molar-refractivity contribution is 6.04. The summed E-state index contributed by atoms with van der Waals surface area (Å²) in [6.07, 6.45) is 8.94. The molecule has 26 heavy (non-hydrogen) atoms. The van der Waals surface area contributed by atoms with E-state index in [4.69, 9.17) is 5.11 Å². The van der Waals surface area contributed by atoms with Crippen LogP contribution in [-0.2, 0) is 9.59 Å². The van der Waals surface area contributed by atoms with Gasteiger partial charge in [-0.05, 0) is 55.5 Å². The van der Waals surface area contributed by atoms with Crippen molar-refractivity contribution in [1.82, 2.24) is 0 Å². The third kappa shape index (κ3) is 6.21. The van der Waals surface area contributed by atoms with Gasteiger partial charge in [-0.25, -0.2) is 4.39 Å². The monoisotopic (exact) mass is 360 g/mol. The molecule has 1 N–H and O–H groups in total. The number of unbranched alkanes of at least 4 members (excludes halogenated alkanes) is 3. The summed E-state index contributed by atoms with van der Waals surface area (Å²) in [4.78, 5) is 34.7. The Kier molecular flexibility index (Phi) is 7.70. The van der Waals surface area contributed by atoms with Crippen molar-refractivity contribution < 1.29 is 23.9 Å². The number of Topliss-reactive ketones (excluding diaryl/α,β-unsaturated/α-hetero) is 1. The van der Waals surface area contributed by atoms with Crippen molar-refractivity contribution in [3.05, 3.63) is 47.8 Å². The molecule has 0 saturated heterocycles. The SMILES string of the molecule is O=C(O)CCCCCCC1C(=O)CCC1C=CC(=O)c1ccc(F)cc1. The maximum Gasteiger partial charge on any atom is 0.303 e. The van der Waals surface area contributed by atoms with E-state index in [-0.39, 0.29) is 35.6 Å². The normalized spacial score (nSPS) is 20.0. The molecule has 1 aromatic rings. The van der Waals surface area contributed by atoms with E-state index < -0.39 is 5.97 Å². The molecule has 0 heterocycles. The lowest BCUT2D eigenvalue weighted by Gasteiger charge is -2.14. The first-order valence-corrected chi connectivity index (χ1v) is 9.20. The summed E-state index contributed by atoms with van der Waals surface area (Å²) in [6.45, 7) is 0. The molecule has 0 aromatic heterocycles. The van der Waals surface area contributed by atoms with Gasteiger partial charge in [0.05, 0.1) is 0 Å². The molecule has 0 amide bonds. The molecule has 2 rings (SSSR count). The van der Waals surface area contributed by atoms with E-state index in [1.165, 1.54) is 30.3 Å². The van der Waals surface area contributed by atoms with Gasteiger partial charge in [-0.15, -0.1) is 0 Å². The van der Waals surface area contributed by atoms with E-state index in [1.807, 2.05) is 6.08 Å². The van der Waals surface area contributed by atoms with Crippen LogP contribution in [0.4, 0.5) is 4.39 Å². The highest BCUT2D eigenvalue weighted by atomic mass is 19.1. The quantitative estimate of drug-likeness (QED) is 0.376. The summed E-state index contributed by atoms with van der Waals surface area (Å²) in [5, 5.41) is 8.61. The number of carbonyl (C=O) groups is 3. The molecule has 4 nitrogen and oxygen atoms in total. The second-order valence-electron chi connectivity index (χ2n) is 6.85. The van der Waals surface area contributed by atoms with E-state index in [0.29, 0.717) is 18.4 Å². The smallest absolute Gasteiger partial charge is 0.303 e. The van der Waals surface area contributed by atoms with Gasteiger partial charge in [0.15, 0.2) is 5.78 Å². The van der Waals surface area contributed by atoms with Gasteiger partial charge in [-0.1, -0.05) is 25.3 Å². The Balaban J connectivity index is 1.81. The lowest BCUT2D eigenvalue weighted by atomic mass is 9.89. The summed E-state index contributed by atoms with van der Waals surface area (Å²) in [5.74, 6) is -1.06. The van der Waals surface area contributed by atoms with Gasteiger partial charge in [0, 0.05) is 24.3 Å². The molecule has 1 fully saturated rings. The van der Waals surface area contributed by atoms with Gasteiger partial charge in [0.1, 0.15) is 11.6 Å². The predicted octanol–water partition coefficient (Wildman–Crippen LogP) is 4.59. The Morgan fingerprint density at radius 2 is 1.81 bits per heavy atom. The van der Waals surface area contributed by atoms with Crippen LogP contribution >= 0.6 is 0 Å². The van der Waals surface area contributed by atoms with Gasteiger partial charge in [0.25, 0.3) is 0 Å². The van der Waals surface area contributed by atoms with Crippen LogP contribution in [0.25, 0.3) is 0 Å². The van der Waals surface area contributed by atoms with E-state index in [1.54, 1.807) is 0 Å². The van der Waals surface area contributed by atoms with Crippen LogP contribution in [0.1, 0.15) is 61.7 Å². The average Bonchev–Trinajstić information content (AvgIpc) is 2.96. The summed E-state index contributed by atoms with van der Waals surface area (Å²) in [5.41, 5.74) is 0.432. The Labute approximate surface area is 153 Å². The molecule has 0 spiro atoms. The minimum Gasteiger partial charge on any atom is -0.481 e. The van der Waals surface area contributed by atoms with E-state index in [0.717, 1.165) is 32.1 Å². The molecule has 0 bridgehead atoms. The highest BCUT2D eigenvalue weighted by Gasteiger charge is 2.32. The summed E-state index contributed by atoms with van der Waals surface area (Å²) in [6, 6.07) is 5.42. The molecular weight excluding hydrogens is 335 g/mol. The number of benzene rings is 1. The van der Waals surface area contributed by atoms with Crippen molar-refractivity contribution in [2.75, 3.05) is 0 Å². The number of carbonyl (C=O) groups excluding carboxylic acids is 2. The van der Waals surface area contributed by atoms with Crippen LogP contribution in [0.3, 0.4) is 0 Å². The third-order valence-electron chi connectivity index (χ3n) is 4.93. The molecule has 0 aliphatic heterocycles. The maximum atomic E-state index is 12.9. The molecule has 2 atom stereocenters. The Bertz CT molecular complexity index is 663. The molecule has 1 saturated carbocycles. The Morgan fingerprint density at radius 3 is 2.50 bits per heavy atom. The van der Waals surface area contributed by atoms with Crippen LogP contribution in [-0.4, -0.2) is 22.6 Å². The largest absolute Gasteiger partial charge is 0.481 e. The number of hydrogen-bond donors (Lipinski definition) is 1. The first kappa shape index (κ1) is 20.0. The van der Waals surface area contributed by atoms with Crippen molar-refractivity contribution in [2.45, 2.75) is 51.4 Å². The number of rotatable bonds is 10. The summed E-state index contributed by atoms with van der Waals surface area (Å²) >= 11 is 0. The fourth-order valence-electron chi connectivity index (χ4n) is 3.46. The van der Waals surface area contributed by atoms with Crippen LogP contribution in [0.5, 0.6) is 0 Å². The molecule has 1 aliphatic carbocycles. The van der Waals surface area contributed by atoms with Crippen LogP contribution in [0.15, 0.2) is 36.4 Å². The molecule has 2 unspecified atom stereocenters. The number of ketones is 2. The van der Waals surface area contributed by atoms with Crippen molar-refractivity contribution >= 4 is 17.5 Å². The third-order valence-corrected chi connectivity index (χ3v) is 4.93. The first-order valence-electron chi connectivity index (χ1n) is 9.20. The second kappa shape index (κ2) is 10.00. The lowest BCUT2D eigenvalue weighted by Crippen LogP contribution is -2.13. The summed E-state index contributed by atoms with van der Waals surface area (Å²) in [7, 11) is 0. The standard InChI is InChI=1S/C21H25FO4/c22-17-11-7-16(8-12-17)19(23)13-9-15-10-14-20(24)18(15)5-3-1-2-4-6-21(25)26/h7-9,11-13,15,18H,1-6,10,14H2,(H,25,26). The van der Waals surface area contributed by atoms with Gasteiger partial charge < -0.3 is 5.11 Å². The maximum absolute atomic E-state index is 12.9. The minimum absolute atomic E-state index is 0.0493. The molecule has 1 aliphatic rings. The van der Waals surface area contributed by atoms with Crippen LogP contribution in [0.2, 0.25) is 0 Å². The Morgan fingerprint density at radius 1 is 1.12 bits per heavy atom. The van der Waals surface area contributed by atoms with Crippen LogP contribution in [0, 0.1) is 17.7 Å². The first-order chi connectivity index (χ1) is 12.5. The van der Waals surface area contributed by atoms with E-state index >= 15 is 0 Å². The van der Waals surface area contributed by atoms with Gasteiger partial charge >= 0.3 is 5.97 Å². The fourth-order valence-corrected chi connectivity index (χ4v) is 3.46. The number of carboxylic acids is 1. The molecule has 140 valence electrons. The van der Waals surface area contributed by atoms with Crippen LogP contribution < -0.4 is 0 Å². The molecule has 1 aromatic carbocycles. The number of aliphatic carboxylic acids is 1. The number of hydrogen-bond acceptors (Lipinski definition) is 3. The lowest BCUT2D eigenvalue weighted by molar-refractivity contribution is -0.137. The van der Waals surface area contributed by atoms with E-state index in [9.17, 15) is 18.8 Å². The zero-order valence-electron chi connectivity index (χ0n) is 14.8. The number of halogens is 1. The number of allylic oxidation sites excluding steroid dienone is 2. The van der Waals surface area contributed by atoms with Crippen molar-refractivity contribution in [1.29, 1.82) is 0 Å². The zero-order chi connectivity index (χ0) is 18.9. The minimum atomic E-state index is -0.771.